The maximum atomic E-state index is 5.77. The van der Waals surface area contributed by atoms with Gasteiger partial charge in [-0.1, -0.05) is 30.1 Å². The monoisotopic (exact) mass is 326 g/mol. The molecule has 3 rings (SSSR count). The van der Waals surface area contributed by atoms with Gasteiger partial charge < -0.3 is 4.74 Å². The fourth-order valence-corrected chi connectivity index (χ4v) is 4.03. The van der Waals surface area contributed by atoms with Crippen LogP contribution in [0.1, 0.15) is 32.0 Å². The van der Waals surface area contributed by atoms with Crippen molar-refractivity contribution in [2.45, 2.75) is 33.3 Å². The average molecular weight is 326 g/mol. The predicted octanol–water partition coefficient (Wildman–Crippen LogP) is 5.24. The first kappa shape index (κ1) is 16.0. The van der Waals surface area contributed by atoms with Gasteiger partial charge >= 0.3 is 0 Å². The molecule has 1 aromatic carbocycles. The Bertz CT molecular complexity index is 932. The van der Waals surface area contributed by atoms with Crippen LogP contribution in [0.2, 0.25) is 0 Å². The quantitative estimate of drug-likeness (QED) is 0.613. The fraction of sp³-hybridized carbons (Fsp3) is 0.316. The van der Waals surface area contributed by atoms with E-state index in [0.717, 1.165) is 21.8 Å². The van der Waals surface area contributed by atoms with Crippen molar-refractivity contribution in [3.63, 3.8) is 0 Å². The van der Waals surface area contributed by atoms with Crippen LogP contribution < -0.4 is 0 Å². The molecule has 0 aliphatic rings. The molecule has 0 bridgehead atoms. The Balaban J connectivity index is 2.18. The molecule has 0 fully saturated rings. The standard InChI is InChI=1S/C19H22N2OS/c1-7-14(19(5,22-6)12(2)3)15-11-21-16-9-8-13(4)10-17(16)23-18(21)20-15/h7-11H,2H2,1,3-6H3. The molecule has 2 heterocycles. The van der Waals surface area contributed by atoms with E-state index < -0.39 is 5.60 Å². The second-order valence-electron chi connectivity index (χ2n) is 6.07. The van der Waals surface area contributed by atoms with Crippen LogP contribution in [0.25, 0.3) is 20.8 Å². The summed E-state index contributed by atoms with van der Waals surface area (Å²) in [5.41, 5.74) is 4.87. The van der Waals surface area contributed by atoms with Crippen LogP contribution in [0.5, 0.6) is 0 Å². The second-order valence-corrected chi connectivity index (χ2v) is 7.08. The molecule has 0 aliphatic heterocycles. The molecule has 1 unspecified atom stereocenters. The third-order valence-electron chi connectivity index (χ3n) is 4.55. The van der Waals surface area contributed by atoms with Gasteiger partial charge in [-0.3, -0.25) is 4.40 Å². The summed E-state index contributed by atoms with van der Waals surface area (Å²) in [6, 6.07) is 6.50. The van der Waals surface area contributed by atoms with Crippen molar-refractivity contribution in [2.24, 2.45) is 0 Å². The van der Waals surface area contributed by atoms with Crippen LogP contribution in [0.3, 0.4) is 0 Å². The largest absolute Gasteiger partial charge is 0.369 e. The highest BCUT2D eigenvalue weighted by Crippen LogP contribution is 2.36. The van der Waals surface area contributed by atoms with Gasteiger partial charge in [0.15, 0.2) is 4.96 Å². The minimum atomic E-state index is -0.537. The molecule has 0 aliphatic carbocycles. The molecule has 0 saturated heterocycles. The van der Waals surface area contributed by atoms with E-state index in [-0.39, 0.29) is 0 Å². The molecule has 3 aromatic rings. The molecule has 0 spiro atoms. The first-order chi connectivity index (χ1) is 10.9. The van der Waals surface area contributed by atoms with Crippen LogP contribution in [0.15, 0.2) is 42.6 Å². The molecule has 120 valence electrons. The Labute approximate surface area is 140 Å². The Morgan fingerprint density at radius 1 is 1.43 bits per heavy atom. The van der Waals surface area contributed by atoms with Crippen LogP contribution in [0, 0.1) is 6.92 Å². The van der Waals surface area contributed by atoms with Gasteiger partial charge in [-0.25, -0.2) is 4.98 Å². The SMILES string of the molecule is C=C(C)C(C)(OC)C(=CC)c1cn2c(n1)sc1cc(C)ccc12. The minimum absolute atomic E-state index is 0.537. The Morgan fingerprint density at radius 2 is 2.17 bits per heavy atom. The van der Waals surface area contributed by atoms with Crippen LogP contribution in [0.4, 0.5) is 0 Å². The van der Waals surface area contributed by atoms with Gasteiger partial charge in [0, 0.05) is 18.9 Å². The van der Waals surface area contributed by atoms with Gasteiger partial charge in [-0.2, -0.15) is 0 Å². The van der Waals surface area contributed by atoms with Gasteiger partial charge in [0.2, 0.25) is 0 Å². The van der Waals surface area contributed by atoms with Gasteiger partial charge in [-0.05, 0) is 51.0 Å². The molecule has 0 N–H and O–H groups in total. The fourth-order valence-electron chi connectivity index (χ4n) is 2.92. The molecule has 23 heavy (non-hydrogen) atoms. The summed E-state index contributed by atoms with van der Waals surface area (Å²) in [5.74, 6) is 0. The van der Waals surface area contributed by atoms with Gasteiger partial charge in [0.25, 0.3) is 0 Å². The summed E-state index contributed by atoms with van der Waals surface area (Å²) in [7, 11) is 1.72. The number of ether oxygens (including phenoxy) is 1. The van der Waals surface area contributed by atoms with Crippen molar-refractivity contribution >= 4 is 32.1 Å². The Hall–Kier alpha value is -1.91. The van der Waals surface area contributed by atoms with Gasteiger partial charge in [0.05, 0.1) is 15.9 Å². The smallest absolute Gasteiger partial charge is 0.195 e. The molecule has 4 heteroatoms. The highest BCUT2D eigenvalue weighted by molar-refractivity contribution is 7.23. The lowest BCUT2D eigenvalue weighted by Crippen LogP contribution is -2.30. The van der Waals surface area contributed by atoms with Crippen molar-refractivity contribution in [1.82, 2.24) is 9.38 Å². The van der Waals surface area contributed by atoms with E-state index in [4.69, 9.17) is 9.72 Å². The Morgan fingerprint density at radius 3 is 2.78 bits per heavy atom. The highest BCUT2D eigenvalue weighted by Gasteiger charge is 2.32. The number of aryl methyl sites for hydroxylation is 1. The summed E-state index contributed by atoms with van der Waals surface area (Å²) in [6.45, 7) is 12.3. The van der Waals surface area contributed by atoms with E-state index in [2.05, 4.69) is 48.4 Å². The lowest BCUT2D eigenvalue weighted by Gasteiger charge is -2.30. The summed E-state index contributed by atoms with van der Waals surface area (Å²) < 4.78 is 9.19. The molecular weight excluding hydrogens is 304 g/mol. The predicted molar refractivity (Wildman–Crippen MR) is 99.2 cm³/mol. The summed E-state index contributed by atoms with van der Waals surface area (Å²) >= 11 is 1.71. The zero-order valence-corrected chi connectivity index (χ0v) is 15.1. The molecular formula is C19H22N2OS. The van der Waals surface area contributed by atoms with Crippen molar-refractivity contribution < 1.29 is 4.74 Å². The van der Waals surface area contributed by atoms with Crippen LogP contribution >= 0.6 is 11.3 Å². The lowest BCUT2D eigenvalue weighted by molar-refractivity contribution is 0.0892. The number of nitrogens with zero attached hydrogens (tertiary/aromatic N) is 2. The number of hydrogen-bond donors (Lipinski definition) is 0. The number of imidazole rings is 1. The summed E-state index contributed by atoms with van der Waals surface area (Å²) in [6.07, 6.45) is 4.16. The lowest BCUT2D eigenvalue weighted by atomic mass is 9.87. The normalized spacial score (nSPS) is 15.3. The van der Waals surface area contributed by atoms with E-state index in [1.807, 2.05) is 20.8 Å². The van der Waals surface area contributed by atoms with Crippen molar-refractivity contribution in [3.05, 3.63) is 53.9 Å². The van der Waals surface area contributed by atoms with Crippen LogP contribution in [-0.4, -0.2) is 22.1 Å². The number of allylic oxidation sites excluding steroid dienone is 1. The summed E-state index contributed by atoms with van der Waals surface area (Å²) in [5, 5.41) is 0. The van der Waals surface area contributed by atoms with E-state index >= 15 is 0 Å². The average Bonchev–Trinajstić information content (AvgIpc) is 3.04. The second kappa shape index (κ2) is 5.62. The van der Waals surface area contributed by atoms with Gasteiger partial charge in [-0.15, -0.1) is 0 Å². The number of benzene rings is 1. The zero-order valence-electron chi connectivity index (χ0n) is 14.3. The topological polar surface area (TPSA) is 26.5 Å². The molecule has 0 radical (unpaired) electrons. The van der Waals surface area contributed by atoms with E-state index in [1.54, 1.807) is 18.4 Å². The van der Waals surface area contributed by atoms with Gasteiger partial charge in [0.1, 0.15) is 5.60 Å². The minimum Gasteiger partial charge on any atom is -0.369 e. The molecule has 2 aromatic heterocycles. The molecule has 3 nitrogen and oxygen atoms in total. The molecule has 0 amide bonds. The number of rotatable bonds is 4. The Kier molecular flexibility index (Phi) is 3.90. The van der Waals surface area contributed by atoms with E-state index in [9.17, 15) is 0 Å². The number of methoxy groups -OCH3 is 1. The molecule has 1 atom stereocenters. The van der Waals surface area contributed by atoms with Crippen molar-refractivity contribution in [3.8, 4) is 0 Å². The number of aromatic nitrogens is 2. The number of fused-ring (bicyclic) bond motifs is 3. The van der Waals surface area contributed by atoms with Crippen molar-refractivity contribution in [2.75, 3.05) is 7.11 Å². The first-order valence-electron chi connectivity index (χ1n) is 7.67. The third kappa shape index (κ3) is 2.42. The number of thiazole rings is 1. The van der Waals surface area contributed by atoms with Crippen molar-refractivity contribution in [1.29, 1.82) is 0 Å². The zero-order chi connectivity index (χ0) is 16.8. The van der Waals surface area contributed by atoms with E-state index in [1.165, 1.54) is 15.8 Å². The van der Waals surface area contributed by atoms with E-state index in [0.29, 0.717) is 0 Å². The highest BCUT2D eigenvalue weighted by atomic mass is 32.1. The summed E-state index contributed by atoms with van der Waals surface area (Å²) in [4.78, 5) is 5.84. The third-order valence-corrected chi connectivity index (χ3v) is 5.57. The molecule has 0 saturated carbocycles. The van der Waals surface area contributed by atoms with Crippen LogP contribution in [-0.2, 0) is 4.74 Å². The maximum Gasteiger partial charge on any atom is 0.195 e. The first-order valence-corrected chi connectivity index (χ1v) is 8.49. The number of hydrogen-bond acceptors (Lipinski definition) is 3. The maximum absolute atomic E-state index is 5.77.